The Morgan fingerprint density at radius 3 is 2.89 bits per heavy atom. The minimum Gasteiger partial charge on any atom is -0.311 e. The lowest BCUT2D eigenvalue weighted by Crippen LogP contribution is -2.37. The van der Waals surface area contributed by atoms with E-state index in [4.69, 9.17) is 0 Å². The van der Waals surface area contributed by atoms with Crippen molar-refractivity contribution in [2.75, 3.05) is 25.9 Å². The van der Waals surface area contributed by atoms with Crippen LogP contribution in [0.4, 0.5) is 0 Å². The number of aromatic nitrogens is 2. The Morgan fingerprint density at radius 2 is 2.22 bits per heavy atom. The van der Waals surface area contributed by atoms with Gasteiger partial charge < -0.3 is 5.32 Å². The lowest BCUT2D eigenvalue weighted by Gasteiger charge is -2.22. The number of nitrogens with one attached hydrogen (secondary N) is 1. The Bertz CT molecular complexity index is 355. The van der Waals surface area contributed by atoms with Crippen molar-refractivity contribution in [1.29, 1.82) is 0 Å². The molecule has 0 saturated carbocycles. The second-order valence-electron chi connectivity index (χ2n) is 4.63. The number of rotatable bonds is 6. The van der Waals surface area contributed by atoms with E-state index >= 15 is 0 Å². The van der Waals surface area contributed by atoms with Crippen molar-refractivity contribution < 1.29 is 0 Å². The number of thioether (sulfide) groups is 1. The van der Waals surface area contributed by atoms with Gasteiger partial charge in [-0.05, 0) is 32.2 Å². The van der Waals surface area contributed by atoms with Crippen molar-refractivity contribution in [3.05, 3.63) is 18.0 Å². The summed E-state index contributed by atoms with van der Waals surface area (Å²) in [4.78, 5) is 11.1. The molecule has 4 nitrogen and oxygen atoms in total. The summed E-state index contributed by atoms with van der Waals surface area (Å²) in [6, 6.07) is 0.710. The molecule has 1 aliphatic rings. The Labute approximate surface area is 114 Å². The van der Waals surface area contributed by atoms with Gasteiger partial charge in [0.1, 0.15) is 0 Å². The van der Waals surface area contributed by atoms with Gasteiger partial charge in [0.15, 0.2) is 5.16 Å². The van der Waals surface area contributed by atoms with Gasteiger partial charge in [0.25, 0.3) is 0 Å². The third-order valence-corrected chi connectivity index (χ3v) is 4.05. The Hall–Kier alpha value is -0.650. The van der Waals surface area contributed by atoms with Gasteiger partial charge in [-0.1, -0.05) is 18.7 Å². The Kier molecular flexibility index (Phi) is 5.41. The summed E-state index contributed by atoms with van der Waals surface area (Å²) in [6.45, 7) is 6.60. The van der Waals surface area contributed by atoms with Crippen molar-refractivity contribution >= 4 is 11.8 Å². The van der Waals surface area contributed by atoms with Crippen molar-refractivity contribution in [2.24, 2.45) is 0 Å². The highest BCUT2D eigenvalue weighted by Crippen LogP contribution is 2.15. The number of nitrogens with zero attached hydrogens (tertiary/aromatic N) is 3. The van der Waals surface area contributed by atoms with E-state index in [9.17, 15) is 0 Å². The molecule has 1 aromatic rings. The molecular weight excluding hydrogens is 244 g/mol. The van der Waals surface area contributed by atoms with Crippen molar-refractivity contribution in [3.63, 3.8) is 0 Å². The maximum Gasteiger partial charge on any atom is 0.187 e. The zero-order valence-corrected chi connectivity index (χ0v) is 12.0. The van der Waals surface area contributed by atoms with Crippen molar-refractivity contribution in [3.8, 4) is 0 Å². The minimum atomic E-state index is 0.710. The maximum atomic E-state index is 4.28. The van der Waals surface area contributed by atoms with E-state index in [-0.39, 0.29) is 0 Å². The van der Waals surface area contributed by atoms with Gasteiger partial charge >= 0.3 is 0 Å². The van der Waals surface area contributed by atoms with E-state index in [1.54, 1.807) is 11.8 Å². The van der Waals surface area contributed by atoms with Crippen LogP contribution in [0, 0.1) is 0 Å². The van der Waals surface area contributed by atoms with Crippen LogP contribution in [0.1, 0.15) is 25.3 Å². The van der Waals surface area contributed by atoms with E-state index in [2.05, 4.69) is 27.1 Å². The van der Waals surface area contributed by atoms with Crippen LogP contribution in [0.3, 0.4) is 0 Å². The minimum absolute atomic E-state index is 0.710. The molecule has 1 N–H and O–H groups in total. The number of likely N-dealkylation sites (tertiary alicyclic amines) is 1. The van der Waals surface area contributed by atoms with Gasteiger partial charge in [-0.15, -0.1) is 0 Å². The summed E-state index contributed by atoms with van der Waals surface area (Å²) in [5.41, 5.74) is 1.16. The molecule has 0 amide bonds. The predicted molar refractivity (Wildman–Crippen MR) is 75.8 cm³/mol. The van der Waals surface area contributed by atoms with Gasteiger partial charge in [-0.3, -0.25) is 4.90 Å². The van der Waals surface area contributed by atoms with Crippen LogP contribution in [-0.4, -0.2) is 46.8 Å². The molecule has 1 aliphatic heterocycles. The molecule has 100 valence electrons. The molecule has 1 saturated heterocycles. The Morgan fingerprint density at radius 1 is 1.44 bits per heavy atom. The molecule has 0 aliphatic carbocycles. The van der Waals surface area contributed by atoms with Crippen LogP contribution in [0.25, 0.3) is 0 Å². The fraction of sp³-hybridized carbons (Fsp3) is 0.692. The van der Waals surface area contributed by atoms with Crippen LogP contribution in [0.15, 0.2) is 17.6 Å². The molecule has 0 bridgehead atoms. The van der Waals surface area contributed by atoms with E-state index in [1.807, 2.05) is 18.6 Å². The first-order valence-corrected chi connectivity index (χ1v) is 7.85. The summed E-state index contributed by atoms with van der Waals surface area (Å²) >= 11 is 1.58. The van der Waals surface area contributed by atoms with Crippen LogP contribution in [-0.2, 0) is 6.54 Å². The van der Waals surface area contributed by atoms with Gasteiger partial charge in [-0.25, -0.2) is 9.97 Å². The third-order valence-electron chi connectivity index (χ3n) is 3.48. The van der Waals surface area contributed by atoms with Crippen molar-refractivity contribution in [2.45, 2.75) is 37.5 Å². The monoisotopic (exact) mass is 266 g/mol. The summed E-state index contributed by atoms with van der Waals surface area (Å²) < 4.78 is 0. The molecule has 18 heavy (non-hydrogen) atoms. The first-order chi connectivity index (χ1) is 8.83. The molecule has 1 unspecified atom stereocenters. The molecule has 1 atom stereocenters. The molecule has 0 spiro atoms. The average Bonchev–Trinajstić information content (AvgIpc) is 2.87. The van der Waals surface area contributed by atoms with E-state index < -0.39 is 0 Å². The average molecular weight is 266 g/mol. The fourth-order valence-electron chi connectivity index (χ4n) is 2.47. The number of likely N-dealkylation sites (N-methyl/N-ethyl adjacent to an activating group) is 1. The zero-order chi connectivity index (χ0) is 12.8. The van der Waals surface area contributed by atoms with E-state index in [1.165, 1.54) is 19.4 Å². The Balaban J connectivity index is 1.74. The standard InChI is InChI=1S/C13H22N4S/c1-3-17-6-4-5-12(17)10-14-7-11-8-15-13(18-2)16-9-11/h8-9,12,14H,3-7,10H2,1-2H3. The maximum absolute atomic E-state index is 4.28. The molecular formula is C13H22N4S. The molecule has 5 heteroatoms. The molecule has 0 radical (unpaired) electrons. The quantitative estimate of drug-likeness (QED) is 0.628. The first-order valence-electron chi connectivity index (χ1n) is 6.63. The van der Waals surface area contributed by atoms with Crippen LogP contribution < -0.4 is 5.32 Å². The lowest BCUT2D eigenvalue weighted by atomic mass is 10.2. The molecule has 2 heterocycles. The summed E-state index contributed by atoms with van der Waals surface area (Å²) in [7, 11) is 0. The molecule has 1 aromatic heterocycles. The number of hydrogen-bond donors (Lipinski definition) is 1. The fourth-order valence-corrected chi connectivity index (χ4v) is 2.78. The molecule has 0 aromatic carbocycles. The highest BCUT2D eigenvalue weighted by molar-refractivity contribution is 7.98. The highest BCUT2D eigenvalue weighted by atomic mass is 32.2. The lowest BCUT2D eigenvalue weighted by molar-refractivity contribution is 0.260. The zero-order valence-electron chi connectivity index (χ0n) is 11.2. The smallest absolute Gasteiger partial charge is 0.187 e. The van der Waals surface area contributed by atoms with Gasteiger partial charge in [0, 0.05) is 37.1 Å². The largest absolute Gasteiger partial charge is 0.311 e. The van der Waals surface area contributed by atoms with Gasteiger partial charge in [-0.2, -0.15) is 0 Å². The van der Waals surface area contributed by atoms with Crippen LogP contribution in [0.2, 0.25) is 0 Å². The normalized spacial score (nSPS) is 20.4. The first kappa shape index (κ1) is 13.8. The second-order valence-corrected chi connectivity index (χ2v) is 5.41. The predicted octanol–water partition coefficient (Wildman–Crippen LogP) is 1.77. The van der Waals surface area contributed by atoms with Gasteiger partial charge in [0.2, 0.25) is 0 Å². The van der Waals surface area contributed by atoms with Gasteiger partial charge in [0.05, 0.1) is 0 Å². The SMILES string of the molecule is CCN1CCCC1CNCc1cnc(SC)nc1. The molecule has 1 fully saturated rings. The summed E-state index contributed by atoms with van der Waals surface area (Å²) in [6.07, 6.45) is 8.48. The highest BCUT2D eigenvalue weighted by Gasteiger charge is 2.21. The molecule has 2 rings (SSSR count). The topological polar surface area (TPSA) is 41.0 Å². The summed E-state index contributed by atoms with van der Waals surface area (Å²) in [5, 5.41) is 4.36. The van der Waals surface area contributed by atoms with Crippen molar-refractivity contribution in [1.82, 2.24) is 20.2 Å². The van der Waals surface area contributed by atoms with Crippen LogP contribution in [0.5, 0.6) is 0 Å². The van der Waals surface area contributed by atoms with E-state index in [0.29, 0.717) is 6.04 Å². The second kappa shape index (κ2) is 7.07. The summed E-state index contributed by atoms with van der Waals surface area (Å²) in [5.74, 6) is 0. The van der Waals surface area contributed by atoms with E-state index in [0.717, 1.165) is 30.4 Å². The third kappa shape index (κ3) is 3.67. The van der Waals surface area contributed by atoms with Crippen LogP contribution >= 0.6 is 11.8 Å². The number of hydrogen-bond acceptors (Lipinski definition) is 5.